The van der Waals surface area contributed by atoms with Crippen molar-refractivity contribution in [3.63, 3.8) is 0 Å². The number of nitrogens with zero attached hydrogens (tertiary/aromatic N) is 1. The summed E-state index contributed by atoms with van der Waals surface area (Å²) >= 11 is 0. The maximum absolute atomic E-state index is 11.3. The second-order valence-corrected chi connectivity index (χ2v) is 3.84. The van der Waals surface area contributed by atoms with Crippen LogP contribution in [0.1, 0.15) is 25.7 Å². The van der Waals surface area contributed by atoms with E-state index in [4.69, 9.17) is 0 Å². The van der Waals surface area contributed by atoms with Crippen LogP contribution in [-0.2, 0) is 0 Å². The van der Waals surface area contributed by atoms with Gasteiger partial charge in [-0.25, -0.2) is 4.79 Å². The fraction of sp³-hybridized carbons (Fsp3) is 0.889. The number of hydrogen-bond donors (Lipinski definition) is 2. The normalized spacial score (nSPS) is 34.8. The molecule has 74 valence electrons. The van der Waals surface area contributed by atoms with Crippen LogP contribution in [-0.4, -0.2) is 41.3 Å². The zero-order valence-electron chi connectivity index (χ0n) is 7.70. The lowest BCUT2D eigenvalue weighted by molar-refractivity contribution is 0.0452. The highest BCUT2D eigenvalue weighted by atomic mass is 16.3. The average molecular weight is 184 g/mol. The molecule has 2 aliphatic rings. The lowest BCUT2D eigenvalue weighted by atomic mass is 9.91. The first-order valence-electron chi connectivity index (χ1n) is 5.01. The Morgan fingerprint density at radius 1 is 1.38 bits per heavy atom. The third-order valence-corrected chi connectivity index (χ3v) is 2.98. The highest BCUT2D eigenvalue weighted by molar-refractivity contribution is 5.76. The highest BCUT2D eigenvalue weighted by Crippen LogP contribution is 2.24. The Morgan fingerprint density at radius 3 is 2.77 bits per heavy atom. The molecule has 13 heavy (non-hydrogen) atoms. The van der Waals surface area contributed by atoms with Crippen LogP contribution in [0.25, 0.3) is 0 Å². The molecule has 2 atom stereocenters. The van der Waals surface area contributed by atoms with E-state index in [2.05, 4.69) is 5.32 Å². The summed E-state index contributed by atoms with van der Waals surface area (Å²) in [6, 6.07) is 0.0576. The molecule has 1 saturated carbocycles. The standard InChI is InChI=1S/C9H16N2O2/c12-8-4-2-1-3-7(8)11-6-5-10-9(11)13/h7-8,12H,1-6H2,(H,10,13). The molecule has 2 rings (SSSR count). The van der Waals surface area contributed by atoms with Crippen LogP contribution < -0.4 is 5.32 Å². The molecule has 0 bridgehead atoms. The molecule has 4 heteroatoms. The quantitative estimate of drug-likeness (QED) is 0.616. The third-order valence-electron chi connectivity index (χ3n) is 2.98. The van der Waals surface area contributed by atoms with E-state index in [9.17, 15) is 9.90 Å². The van der Waals surface area contributed by atoms with Gasteiger partial charge < -0.3 is 15.3 Å². The Balaban J connectivity index is 2.01. The highest BCUT2D eigenvalue weighted by Gasteiger charge is 2.33. The Kier molecular flexibility index (Phi) is 2.40. The van der Waals surface area contributed by atoms with Gasteiger partial charge in [0.15, 0.2) is 0 Å². The minimum Gasteiger partial charge on any atom is -0.391 e. The number of aliphatic hydroxyl groups excluding tert-OH is 1. The molecule has 0 spiro atoms. The lowest BCUT2D eigenvalue weighted by Crippen LogP contribution is -2.46. The third kappa shape index (κ3) is 1.63. The molecule has 0 aromatic carbocycles. The van der Waals surface area contributed by atoms with Gasteiger partial charge in [0, 0.05) is 13.1 Å². The van der Waals surface area contributed by atoms with Crippen LogP contribution in [0.15, 0.2) is 0 Å². The van der Waals surface area contributed by atoms with Gasteiger partial charge in [-0.2, -0.15) is 0 Å². The summed E-state index contributed by atoms with van der Waals surface area (Å²) in [7, 11) is 0. The van der Waals surface area contributed by atoms with Crippen molar-refractivity contribution in [1.29, 1.82) is 0 Å². The molecule has 1 aliphatic carbocycles. The van der Waals surface area contributed by atoms with Gasteiger partial charge in [-0.1, -0.05) is 12.8 Å². The SMILES string of the molecule is O=C1NCCN1C1CCCCC1O. The number of carbonyl (C=O) groups excluding carboxylic acids is 1. The average Bonchev–Trinajstić information content (AvgIpc) is 2.52. The minimum absolute atomic E-state index is 0.00838. The predicted molar refractivity (Wildman–Crippen MR) is 48.4 cm³/mol. The van der Waals surface area contributed by atoms with Gasteiger partial charge >= 0.3 is 6.03 Å². The number of amides is 2. The molecule has 0 aromatic rings. The van der Waals surface area contributed by atoms with Crippen molar-refractivity contribution >= 4 is 6.03 Å². The molecular formula is C9H16N2O2. The topological polar surface area (TPSA) is 52.6 Å². The van der Waals surface area contributed by atoms with Crippen molar-refractivity contribution in [3.8, 4) is 0 Å². The van der Waals surface area contributed by atoms with Crippen molar-refractivity contribution in [2.24, 2.45) is 0 Å². The van der Waals surface area contributed by atoms with Crippen LogP contribution in [0.3, 0.4) is 0 Å². The first-order valence-corrected chi connectivity index (χ1v) is 5.01. The zero-order chi connectivity index (χ0) is 9.26. The monoisotopic (exact) mass is 184 g/mol. The Hall–Kier alpha value is -0.770. The van der Waals surface area contributed by atoms with Crippen LogP contribution in [0.4, 0.5) is 4.79 Å². The molecule has 2 N–H and O–H groups in total. The molecular weight excluding hydrogens is 168 g/mol. The molecule has 0 radical (unpaired) electrons. The van der Waals surface area contributed by atoms with Gasteiger partial charge in [0.05, 0.1) is 12.1 Å². The van der Waals surface area contributed by atoms with Gasteiger partial charge in [-0.3, -0.25) is 0 Å². The number of hydrogen-bond acceptors (Lipinski definition) is 2. The summed E-state index contributed by atoms with van der Waals surface area (Å²) < 4.78 is 0. The second-order valence-electron chi connectivity index (χ2n) is 3.84. The van der Waals surface area contributed by atoms with E-state index in [1.807, 2.05) is 0 Å². The molecule has 1 aliphatic heterocycles. The van der Waals surface area contributed by atoms with E-state index >= 15 is 0 Å². The van der Waals surface area contributed by atoms with E-state index in [-0.39, 0.29) is 18.2 Å². The number of carbonyl (C=O) groups is 1. The van der Waals surface area contributed by atoms with Crippen molar-refractivity contribution in [2.75, 3.05) is 13.1 Å². The van der Waals surface area contributed by atoms with E-state index < -0.39 is 0 Å². The molecule has 2 unspecified atom stereocenters. The molecule has 1 saturated heterocycles. The Morgan fingerprint density at radius 2 is 2.15 bits per heavy atom. The Bertz CT molecular complexity index is 208. The predicted octanol–water partition coefficient (Wildman–Crippen LogP) is 0.315. The zero-order valence-corrected chi connectivity index (χ0v) is 7.70. The number of rotatable bonds is 1. The van der Waals surface area contributed by atoms with Gasteiger partial charge in [-0.05, 0) is 12.8 Å². The van der Waals surface area contributed by atoms with Crippen molar-refractivity contribution in [3.05, 3.63) is 0 Å². The minimum atomic E-state index is -0.308. The lowest BCUT2D eigenvalue weighted by Gasteiger charge is -2.34. The van der Waals surface area contributed by atoms with Crippen LogP contribution >= 0.6 is 0 Å². The molecule has 0 aromatic heterocycles. The van der Waals surface area contributed by atoms with Crippen LogP contribution in [0.5, 0.6) is 0 Å². The number of nitrogens with one attached hydrogen (secondary N) is 1. The van der Waals surface area contributed by atoms with Gasteiger partial charge in [-0.15, -0.1) is 0 Å². The smallest absolute Gasteiger partial charge is 0.317 e. The molecule has 1 heterocycles. The summed E-state index contributed by atoms with van der Waals surface area (Å²) in [4.78, 5) is 13.1. The van der Waals surface area contributed by atoms with Gasteiger partial charge in [0.25, 0.3) is 0 Å². The summed E-state index contributed by atoms with van der Waals surface area (Å²) in [6.07, 6.45) is 3.71. The number of aliphatic hydroxyl groups is 1. The molecule has 4 nitrogen and oxygen atoms in total. The van der Waals surface area contributed by atoms with E-state index in [0.717, 1.165) is 38.8 Å². The summed E-state index contributed by atoms with van der Waals surface area (Å²) in [5, 5.41) is 12.5. The first-order chi connectivity index (χ1) is 6.29. The second kappa shape index (κ2) is 3.54. The van der Waals surface area contributed by atoms with Gasteiger partial charge in [0.1, 0.15) is 0 Å². The summed E-state index contributed by atoms with van der Waals surface area (Å²) in [5.41, 5.74) is 0. The fourth-order valence-electron chi connectivity index (χ4n) is 2.26. The van der Waals surface area contributed by atoms with Crippen LogP contribution in [0, 0.1) is 0 Å². The number of urea groups is 1. The Labute approximate surface area is 77.9 Å². The molecule has 2 amide bonds. The summed E-state index contributed by atoms with van der Waals surface area (Å²) in [5.74, 6) is 0. The van der Waals surface area contributed by atoms with Gasteiger partial charge in [0.2, 0.25) is 0 Å². The molecule has 2 fully saturated rings. The maximum atomic E-state index is 11.3. The largest absolute Gasteiger partial charge is 0.391 e. The van der Waals surface area contributed by atoms with Crippen LogP contribution in [0.2, 0.25) is 0 Å². The summed E-state index contributed by atoms with van der Waals surface area (Å²) in [6.45, 7) is 1.47. The first kappa shape index (κ1) is 8.81. The van der Waals surface area contributed by atoms with Crippen molar-refractivity contribution < 1.29 is 9.90 Å². The van der Waals surface area contributed by atoms with E-state index in [0.29, 0.717) is 0 Å². The van der Waals surface area contributed by atoms with E-state index in [1.54, 1.807) is 4.90 Å². The van der Waals surface area contributed by atoms with Crippen molar-refractivity contribution in [1.82, 2.24) is 10.2 Å². The van der Waals surface area contributed by atoms with Crippen molar-refractivity contribution in [2.45, 2.75) is 37.8 Å². The fourth-order valence-corrected chi connectivity index (χ4v) is 2.26. The maximum Gasteiger partial charge on any atom is 0.317 e. The van der Waals surface area contributed by atoms with E-state index in [1.165, 1.54) is 0 Å².